The van der Waals surface area contributed by atoms with Gasteiger partial charge in [-0.2, -0.15) is 5.10 Å². The summed E-state index contributed by atoms with van der Waals surface area (Å²) in [5.41, 5.74) is 4.48. The molecule has 1 N–H and O–H groups in total. The zero-order valence-electron chi connectivity index (χ0n) is 20.3. The highest BCUT2D eigenvalue weighted by atomic mass is 16.5. The Morgan fingerprint density at radius 2 is 1.67 bits per heavy atom. The first-order chi connectivity index (χ1) is 15.6. The van der Waals surface area contributed by atoms with E-state index < -0.39 is 5.97 Å². The molecular weight excluding hydrogens is 414 g/mol. The minimum absolute atomic E-state index is 0.0284. The molecule has 2 aromatic carbocycles. The van der Waals surface area contributed by atoms with Gasteiger partial charge in [0.25, 0.3) is 5.91 Å². The van der Waals surface area contributed by atoms with Gasteiger partial charge in [0.1, 0.15) is 0 Å². The van der Waals surface area contributed by atoms with Crippen LogP contribution in [0.2, 0.25) is 0 Å². The van der Waals surface area contributed by atoms with E-state index >= 15 is 0 Å². The standard InChI is InChI=1S/C27H33N3O3/c1-7-19-9-11-20(12-10-19)24-17-23(26(32)33-8-2)29-30(24)22-15-13-21(14-16-22)25(31)28-18(3)27(4,5)6/h9-18H,7-8H2,1-6H3,(H,28,31). The lowest BCUT2D eigenvalue weighted by atomic mass is 9.88. The summed E-state index contributed by atoms with van der Waals surface area (Å²) in [4.78, 5) is 25.0. The molecule has 1 unspecified atom stereocenters. The van der Waals surface area contributed by atoms with E-state index in [9.17, 15) is 9.59 Å². The molecule has 6 nitrogen and oxygen atoms in total. The zero-order valence-corrected chi connectivity index (χ0v) is 20.3. The molecule has 1 amide bonds. The van der Waals surface area contributed by atoms with Crippen molar-refractivity contribution >= 4 is 11.9 Å². The van der Waals surface area contributed by atoms with Crippen molar-refractivity contribution in [3.8, 4) is 16.9 Å². The van der Waals surface area contributed by atoms with Crippen LogP contribution >= 0.6 is 0 Å². The van der Waals surface area contributed by atoms with Crippen molar-refractivity contribution in [3.05, 3.63) is 71.4 Å². The first kappa shape index (κ1) is 24.2. The van der Waals surface area contributed by atoms with Gasteiger partial charge in [-0.15, -0.1) is 0 Å². The van der Waals surface area contributed by atoms with Crippen molar-refractivity contribution < 1.29 is 14.3 Å². The topological polar surface area (TPSA) is 73.2 Å². The van der Waals surface area contributed by atoms with Crippen molar-refractivity contribution in [2.75, 3.05) is 6.61 Å². The Hall–Kier alpha value is -3.41. The lowest BCUT2D eigenvalue weighted by Crippen LogP contribution is -2.41. The number of amides is 1. The number of esters is 1. The molecule has 0 saturated carbocycles. The highest BCUT2D eigenvalue weighted by Crippen LogP contribution is 2.26. The van der Waals surface area contributed by atoms with Crippen LogP contribution in [0.1, 0.15) is 68.0 Å². The summed E-state index contributed by atoms with van der Waals surface area (Å²) < 4.78 is 6.87. The third-order valence-corrected chi connectivity index (χ3v) is 5.87. The minimum atomic E-state index is -0.463. The average molecular weight is 448 g/mol. The number of aryl methyl sites for hydroxylation is 1. The van der Waals surface area contributed by atoms with E-state index in [0.717, 1.165) is 23.4 Å². The van der Waals surface area contributed by atoms with Crippen LogP contribution in [-0.2, 0) is 11.2 Å². The summed E-state index contributed by atoms with van der Waals surface area (Å²) in [6, 6.07) is 17.2. The Bertz CT molecular complexity index is 1110. The fraction of sp³-hybridized carbons (Fsp3) is 0.370. The van der Waals surface area contributed by atoms with E-state index in [1.165, 1.54) is 5.56 Å². The molecule has 6 heteroatoms. The second-order valence-electron chi connectivity index (χ2n) is 9.21. The van der Waals surface area contributed by atoms with E-state index in [-0.39, 0.29) is 29.7 Å². The summed E-state index contributed by atoms with van der Waals surface area (Å²) in [7, 11) is 0. The fourth-order valence-electron chi connectivity index (χ4n) is 3.25. The lowest BCUT2D eigenvalue weighted by molar-refractivity contribution is 0.0518. The number of nitrogens with one attached hydrogen (secondary N) is 1. The summed E-state index contributed by atoms with van der Waals surface area (Å²) in [5, 5.41) is 7.57. The van der Waals surface area contributed by atoms with Crippen molar-refractivity contribution in [3.63, 3.8) is 0 Å². The van der Waals surface area contributed by atoms with Crippen molar-refractivity contribution in [2.24, 2.45) is 5.41 Å². The second-order valence-corrected chi connectivity index (χ2v) is 9.21. The quantitative estimate of drug-likeness (QED) is 0.489. The number of rotatable bonds is 7. The van der Waals surface area contributed by atoms with Gasteiger partial charge in [-0.25, -0.2) is 9.48 Å². The predicted molar refractivity (Wildman–Crippen MR) is 131 cm³/mol. The zero-order chi connectivity index (χ0) is 24.2. The number of benzene rings is 2. The van der Waals surface area contributed by atoms with Crippen molar-refractivity contribution in [2.45, 2.75) is 54.0 Å². The van der Waals surface area contributed by atoms with Gasteiger partial charge in [0.15, 0.2) is 5.69 Å². The number of ether oxygens (including phenoxy) is 1. The van der Waals surface area contributed by atoms with Gasteiger partial charge < -0.3 is 10.1 Å². The molecule has 0 saturated heterocycles. The maximum Gasteiger partial charge on any atom is 0.358 e. The van der Waals surface area contributed by atoms with Gasteiger partial charge in [-0.3, -0.25) is 4.79 Å². The maximum atomic E-state index is 12.7. The van der Waals surface area contributed by atoms with Gasteiger partial charge in [0, 0.05) is 17.2 Å². The third kappa shape index (κ3) is 5.69. The molecule has 0 aliphatic heterocycles. The molecule has 1 atom stereocenters. The summed E-state index contributed by atoms with van der Waals surface area (Å²) in [6.07, 6.45) is 0.949. The molecule has 0 aliphatic rings. The maximum absolute atomic E-state index is 12.7. The summed E-state index contributed by atoms with van der Waals surface area (Å²) >= 11 is 0. The molecule has 0 bridgehead atoms. The van der Waals surface area contributed by atoms with Gasteiger partial charge in [-0.05, 0) is 61.6 Å². The first-order valence-corrected chi connectivity index (χ1v) is 11.4. The van der Waals surface area contributed by atoms with Crippen molar-refractivity contribution in [1.82, 2.24) is 15.1 Å². The van der Waals surface area contributed by atoms with Crippen LogP contribution < -0.4 is 5.32 Å². The normalized spacial score (nSPS) is 12.3. The van der Waals surface area contributed by atoms with Crippen LogP contribution in [0.3, 0.4) is 0 Å². The molecule has 33 heavy (non-hydrogen) atoms. The molecule has 0 aliphatic carbocycles. The predicted octanol–water partition coefficient (Wildman–Crippen LogP) is 5.44. The number of carbonyl (C=O) groups is 2. The summed E-state index contributed by atoms with van der Waals surface area (Å²) in [5.74, 6) is -0.582. The molecule has 174 valence electrons. The van der Waals surface area contributed by atoms with E-state index in [0.29, 0.717) is 5.56 Å². The fourth-order valence-corrected chi connectivity index (χ4v) is 3.25. The smallest absolute Gasteiger partial charge is 0.358 e. The largest absolute Gasteiger partial charge is 0.461 e. The Kier molecular flexibility index (Phi) is 7.36. The number of hydrogen-bond acceptors (Lipinski definition) is 4. The molecule has 1 aromatic heterocycles. The molecule has 0 fully saturated rings. The number of nitrogens with zero attached hydrogens (tertiary/aromatic N) is 2. The second kappa shape index (κ2) is 10.0. The monoisotopic (exact) mass is 447 g/mol. The Labute approximate surface area is 196 Å². The van der Waals surface area contributed by atoms with Crippen molar-refractivity contribution in [1.29, 1.82) is 0 Å². The summed E-state index contributed by atoms with van der Waals surface area (Å²) in [6.45, 7) is 12.4. The minimum Gasteiger partial charge on any atom is -0.461 e. The van der Waals surface area contributed by atoms with Gasteiger partial charge >= 0.3 is 5.97 Å². The lowest BCUT2D eigenvalue weighted by Gasteiger charge is -2.28. The van der Waals surface area contributed by atoms with Crippen LogP contribution in [0.5, 0.6) is 0 Å². The molecular formula is C27H33N3O3. The average Bonchev–Trinajstić information content (AvgIpc) is 3.24. The molecule has 1 heterocycles. The van der Waals surface area contributed by atoms with Crippen LogP contribution in [0.15, 0.2) is 54.6 Å². The molecule has 0 radical (unpaired) electrons. The van der Waals surface area contributed by atoms with E-state index in [1.54, 1.807) is 29.8 Å². The number of carbonyl (C=O) groups excluding carboxylic acids is 2. The van der Waals surface area contributed by atoms with Crippen LogP contribution in [0.25, 0.3) is 16.9 Å². The van der Waals surface area contributed by atoms with Gasteiger partial charge in [0.2, 0.25) is 0 Å². The Balaban J connectivity index is 1.95. The van der Waals surface area contributed by atoms with Crippen LogP contribution in [0, 0.1) is 5.41 Å². The van der Waals surface area contributed by atoms with Crippen LogP contribution in [0.4, 0.5) is 0 Å². The SMILES string of the molecule is CCOC(=O)c1cc(-c2ccc(CC)cc2)n(-c2ccc(C(=O)NC(C)C(C)(C)C)cc2)n1. The first-order valence-electron chi connectivity index (χ1n) is 11.4. The third-order valence-electron chi connectivity index (χ3n) is 5.87. The Morgan fingerprint density at radius 1 is 1.03 bits per heavy atom. The van der Waals surface area contributed by atoms with Gasteiger partial charge in [-0.1, -0.05) is 52.0 Å². The van der Waals surface area contributed by atoms with E-state index in [4.69, 9.17) is 4.74 Å². The van der Waals surface area contributed by atoms with E-state index in [2.05, 4.69) is 50.2 Å². The molecule has 3 aromatic rings. The molecule has 3 rings (SSSR count). The van der Waals surface area contributed by atoms with E-state index in [1.807, 2.05) is 31.2 Å². The highest BCUT2D eigenvalue weighted by Gasteiger charge is 2.22. The van der Waals surface area contributed by atoms with Crippen LogP contribution in [-0.4, -0.2) is 34.3 Å². The number of hydrogen-bond donors (Lipinski definition) is 1. The van der Waals surface area contributed by atoms with Gasteiger partial charge in [0.05, 0.1) is 18.0 Å². The molecule has 0 spiro atoms. The highest BCUT2D eigenvalue weighted by molar-refractivity contribution is 5.94. The number of aromatic nitrogens is 2. The Morgan fingerprint density at radius 3 is 2.21 bits per heavy atom.